The molecule has 19 heavy (non-hydrogen) atoms. The van der Waals surface area contributed by atoms with Gasteiger partial charge < -0.3 is 18.9 Å². The van der Waals surface area contributed by atoms with Crippen molar-refractivity contribution in [3.8, 4) is 0 Å². The van der Waals surface area contributed by atoms with Gasteiger partial charge >= 0.3 is 11.9 Å². The van der Waals surface area contributed by atoms with Crippen molar-refractivity contribution in [1.82, 2.24) is 0 Å². The van der Waals surface area contributed by atoms with Gasteiger partial charge in [0.2, 0.25) is 0 Å². The highest BCUT2D eigenvalue weighted by molar-refractivity contribution is 5.77. The lowest BCUT2D eigenvalue weighted by molar-refractivity contribution is -0.170. The topological polar surface area (TPSA) is 71.1 Å². The van der Waals surface area contributed by atoms with E-state index in [2.05, 4.69) is 9.47 Å². The molecule has 0 N–H and O–H groups in total. The van der Waals surface area contributed by atoms with E-state index in [0.29, 0.717) is 39.6 Å². The van der Waals surface area contributed by atoms with E-state index in [9.17, 15) is 9.59 Å². The Bertz CT molecular complexity index is 286. The highest BCUT2D eigenvalue weighted by Gasteiger charge is 2.30. The van der Waals surface area contributed by atoms with E-state index >= 15 is 0 Å². The van der Waals surface area contributed by atoms with Gasteiger partial charge in [-0.1, -0.05) is 0 Å². The zero-order valence-electron chi connectivity index (χ0n) is 11.0. The summed E-state index contributed by atoms with van der Waals surface area (Å²) in [5.74, 6) is -0.139. The molecule has 2 rings (SSSR count). The maximum Gasteiger partial charge on any atom is 0.312 e. The van der Waals surface area contributed by atoms with Crippen molar-refractivity contribution < 1.29 is 28.5 Å². The zero-order chi connectivity index (χ0) is 13.5. The number of carbonyl (C=O) groups excluding carboxylic acids is 2. The molecular weight excluding hydrogens is 252 g/mol. The molecule has 2 fully saturated rings. The Balaban J connectivity index is 1.30. The van der Waals surface area contributed by atoms with E-state index in [1.807, 2.05) is 0 Å². The molecular formula is C13H20O6. The molecule has 0 saturated carbocycles. The van der Waals surface area contributed by atoms with Gasteiger partial charge in [-0.25, -0.2) is 0 Å². The predicted octanol–water partition coefficient (Wildman–Crippen LogP) is 0.536. The van der Waals surface area contributed by atoms with Crippen LogP contribution in [0, 0.1) is 11.8 Å². The van der Waals surface area contributed by atoms with Crippen molar-refractivity contribution >= 4 is 11.9 Å². The summed E-state index contributed by atoms with van der Waals surface area (Å²) in [6, 6.07) is 0. The van der Waals surface area contributed by atoms with Gasteiger partial charge in [-0.15, -0.1) is 0 Å². The fourth-order valence-electron chi connectivity index (χ4n) is 1.86. The van der Waals surface area contributed by atoms with Gasteiger partial charge in [0.25, 0.3) is 0 Å². The lowest BCUT2D eigenvalue weighted by Gasteiger charge is -2.24. The Morgan fingerprint density at radius 2 is 1.32 bits per heavy atom. The molecule has 2 aliphatic heterocycles. The summed E-state index contributed by atoms with van der Waals surface area (Å²) in [6.07, 6.45) is 2.30. The summed E-state index contributed by atoms with van der Waals surface area (Å²) in [6.45, 7) is 3.52. The van der Waals surface area contributed by atoms with Gasteiger partial charge in [-0.2, -0.15) is 0 Å². The summed E-state index contributed by atoms with van der Waals surface area (Å²) < 4.78 is 20.1. The van der Waals surface area contributed by atoms with Crippen LogP contribution in [0.4, 0.5) is 0 Å². The van der Waals surface area contributed by atoms with Crippen LogP contribution in [0.5, 0.6) is 0 Å². The van der Waals surface area contributed by atoms with Crippen molar-refractivity contribution in [3.05, 3.63) is 0 Å². The number of esters is 2. The maximum atomic E-state index is 10.8. The summed E-state index contributed by atoms with van der Waals surface area (Å²) in [5, 5.41) is 0. The minimum atomic E-state index is -0.110. The average molecular weight is 272 g/mol. The zero-order valence-corrected chi connectivity index (χ0v) is 11.0. The first-order chi connectivity index (χ1) is 9.27. The fraction of sp³-hybridized carbons (Fsp3) is 0.846. The van der Waals surface area contributed by atoms with E-state index in [1.165, 1.54) is 0 Å². The Hall–Kier alpha value is -1.14. The normalized spacial score (nSPS) is 25.3. The number of ether oxygens (including phenoxy) is 4. The number of cyclic esters (lactones) is 2. The molecule has 0 aromatic rings. The van der Waals surface area contributed by atoms with Crippen LogP contribution in [-0.2, 0) is 28.5 Å². The van der Waals surface area contributed by atoms with Gasteiger partial charge in [-0.05, 0) is 19.3 Å². The molecule has 0 aliphatic carbocycles. The quantitative estimate of drug-likeness (QED) is 0.427. The molecule has 2 heterocycles. The summed E-state index contributed by atoms with van der Waals surface area (Å²) >= 11 is 0. The standard InChI is InChI=1S/C13H20O6/c14-12-10(8-18-12)2-6-16-4-1-5-17-7-3-11-9-19-13(11)15/h10-11H,1-9H2. The molecule has 2 unspecified atom stereocenters. The lowest BCUT2D eigenvalue weighted by Crippen LogP contribution is -2.35. The minimum absolute atomic E-state index is 0.0403. The van der Waals surface area contributed by atoms with Crippen molar-refractivity contribution in [3.63, 3.8) is 0 Å². The Kier molecular flexibility index (Phi) is 5.60. The third-order valence-corrected chi connectivity index (χ3v) is 3.32. The second-order valence-electron chi connectivity index (χ2n) is 4.81. The number of carbonyl (C=O) groups is 2. The van der Waals surface area contributed by atoms with E-state index in [4.69, 9.17) is 9.47 Å². The van der Waals surface area contributed by atoms with E-state index in [0.717, 1.165) is 19.3 Å². The van der Waals surface area contributed by atoms with Gasteiger partial charge in [0.05, 0.1) is 11.8 Å². The second-order valence-corrected chi connectivity index (χ2v) is 4.81. The largest absolute Gasteiger partial charge is 0.464 e. The van der Waals surface area contributed by atoms with Crippen molar-refractivity contribution in [2.75, 3.05) is 39.6 Å². The molecule has 2 saturated heterocycles. The summed E-state index contributed by atoms with van der Waals surface area (Å²) in [5.41, 5.74) is 0. The number of rotatable bonds is 10. The molecule has 108 valence electrons. The highest BCUT2D eigenvalue weighted by atomic mass is 16.6. The number of hydrogen-bond acceptors (Lipinski definition) is 6. The van der Waals surface area contributed by atoms with Gasteiger partial charge in [0.15, 0.2) is 0 Å². The third kappa shape index (κ3) is 4.47. The van der Waals surface area contributed by atoms with Gasteiger partial charge in [0, 0.05) is 26.4 Å². The van der Waals surface area contributed by atoms with Gasteiger partial charge in [0.1, 0.15) is 13.2 Å². The van der Waals surface area contributed by atoms with Crippen molar-refractivity contribution in [2.45, 2.75) is 19.3 Å². The molecule has 0 spiro atoms. The van der Waals surface area contributed by atoms with Crippen LogP contribution in [0.2, 0.25) is 0 Å². The maximum absolute atomic E-state index is 10.8. The first-order valence-electron chi connectivity index (χ1n) is 6.76. The molecule has 2 aliphatic rings. The molecule has 0 aromatic heterocycles. The average Bonchev–Trinajstić information content (AvgIpc) is 2.41. The van der Waals surface area contributed by atoms with Crippen LogP contribution in [-0.4, -0.2) is 51.6 Å². The first-order valence-corrected chi connectivity index (χ1v) is 6.76. The SMILES string of the molecule is O=C1OCC1CCOCCCOCCC1COC1=O. The summed E-state index contributed by atoms with van der Waals surface area (Å²) in [7, 11) is 0. The number of hydrogen-bond donors (Lipinski definition) is 0. The lowest BCUT2D eigenvalue weighted by atomic mass is 10.0. The Morgan fingerprint density at radius 3 is 1.63 bits per heavy atom. The van der Waals surface area contributed by atoms with Crippen molar-refractivity contribution in [2.24, 2.45) is 11.8 Å². The summed E-state index contributed by atoms with van der Waals surface area (Å²) in [4.78, 5) is 21.7. The third-order valence-electron chi connectivity index (χ3n) is 3.32. The van der Waals surface area contributed by atoms with Crippen LogP contribution < -0.4 is 0 Å². The predicted molar refractivity (Wildman–Crippen MR) is 64.4 cm³/mol. The molecule has 0 radical (unpaired) electrons. The molecule has 6 nitrogen and oxygen atoms in total. The molecule has 2 atom stereocenters. The van der Waals surface area contributed by atoms with E-state index in [1.54, 1.807) is 0 Å². The van der Waals surface area contributed by atoms with Crippen LogP contribution in [0.25, 0.3) is 0 Å². The van der Waals surface area contributed by atoms with Crippen LogP contribution in [0.15, 0.2) is 0 Å². The van der Waals surface area contributed by atoms with Gasteiger partial charge in [-0.3, -0.25) is 9.59 Å². The second kappa shape index (κ2) is 7.45. The molecule has 0 bridgehead atoms. The van der Waals surface area contributed by atoms with Crippen LogP contribution in [0.3, 0.4) is 0 Å². The smallest absolute Gasteiger partial charge is 0.312 e. The van der Waals surface area contributed by atoms with Crippen molar-refractivity contribution in [1.29, 1.82) is 0 Å². The fourth-order valence-corrected chi connectivity index (χ4v) is 1.86. The van der Waals surface area contributed by atoms with Crippen LogP contribution in [0.1, 0.15) is 19.3 Å². The van der Waals surface area contributed by atoms with Crippen LogP contribution >= 0.6 is 0 Å². The Labute approximate surface area is 112 Å². The first kappa shape index (κ1) is 14.3. The molecule has 6 heteroatoms. The van der Waals surface area contributed by atoms with E-state index < -0.39 is 0 Å². The minimum Gasteiger partial charge on any atom is -0.464 e. The highest BCUT2D eigenvalue weighted by Crippen LogP contribution is 2.17. The Morgan fingerprint density at radius 1 is 0.842 bits per heavy atom. The van der Waals surface area contributed by atoms with E-state index in [-0.39, 0.29) is 23.8 Å². The molecule has 0 aromatic carbocycles. The molecule has 0 amide bonds. The monoisotopic (exact) mass is 272 g/mol.